The van der Waals surface area contributed by atoms with Crippen molar-refractivity contribution in [3.63, 3.8) is 0 Å². The predicted molar refractivity (Wildman–Crippen MR) is 60.8 cm³/mol. The molecule has 1 aromatic rings. The Morgan fingerprint density at radius 2 is 2.12 bits per heavy atom. The lowest BCUT2D eigenvalue weighted by atomic mass is 10.3. The Morgan fingerprint density at radius 1 is 1.50 bits per heavy atom. The molecule has 16 heavy (non-hydrogen) atoms. The van der Waals surface area contributed by atoms with E-state index in [9.17, 15) is 12.8 Å². The number of nitrogens with two attached hydrogens (primary N) is 1. The van der Waals surface area contributed by atoms with Crippen LogP contribution >= 0.6 is 15.9 Å². The maximum Gasteiger partial charge on any atom is 0.243 e. The van der Waals surface area contributed by atoms with Gasteiger partial charge in [0, 0.05) is 16.6 Å². The van der Waals surface area contributed by atoms with Crippen molar-refractivity contribution in [1.29, 1.82) is 0 Å². The van der Waals surface area contributed by atoms with E-state index in [1.54, 1.807) is 0 Å². The number of benzene rings is 1. The molecule has 0 heterocycles. The minimum atomic E-state index is -3.80. The molecule has 1 aliphatic carbocycles. The van der Waals surface area contributed by atoms with E-state index in [0.717, 1.165) is 6.07 Å². The summed E-state index contributed by atoms with van der Waals surface area (Å²) in [6, 6.07) is 3.38. The third kappa shape index (κ3) is 2.42. The first-order valence-electron chi connectivity index (χ1n) is 4.63. The highest BCUT2D eigenvalue weighted by atomic mass is 79.9. The van der Waals surface area contributed by atoms with Crippen molar-refractivity contribution in [2.24, 2.45) is 5.73 Å². The smallest absolute Gasteiger partial charge is 0.243 e. The SMILES string of the molecule is NC1CC1NS(=O)(=O)c1ccc(Br)cc1F. The minimum Gasteiger partial charge on any atom is -0.326 e. The first kappa shape index (κ1) is 12.0. The quantitative estimate of drug-likeness (QED) is 0.874. The van der Waals surface area contributed by atoms with Crippen molar-refractivity contribution in [3.05, 3.63) is 28.5 Å². The Kier molecular flexibility index (Phi) is 3.04. The normalized spacial score (nSPS) is 24.4. The summed E-state index contributed by atoms with van der Waals surface area (Å²) >= 11 is 3.06. The van der Waals surface area contributed by atoms with Crippen LogP contribution in [0.4, 0.5) is 4.39 Å². The molecule has 1 aliphatic rings. The van der Waals surface area contributed by atoms with E-state index in [1.807, 2.05) is 0 Å². The van der Waals surface area contributed by atoms with E-state index in [2.05, 4.69) is 20.7 Å². The fourth-order valence-electron chi connectivity index (χ4n) is 1.31. The van der Waals surface area contributed by atoms with Crippen molar-refractivity contribution in [2.45, 2.75) is 23.4 Å². The summed E-state index contributed by atoms with van der Waals surface area (Å²) in [6.45, 7) is 0. The third-order valence-corrected chi connectivity index (χ3v) is 4.35. The number of rotatable bonds is 3. The van der Waals surface area contributed by atoms with Gasteiger partial charge in [0.1, 0.15) is 10.7 Å². The van der Waals surface area contributed by atoms with Crippen LogP contribution in [0.15, 0.2) is 27.6 Å². The van der Waals surface area contributed by atoms with Crippen LogP contribution in [0.1, 0.15) is 6.42 Å². The molecule has 3 N–H and O–H groups in total. The highest BCUT2D eigenvalue weighted by Gasteiger charge is 2.37. The van der Waals surface area contributed by atoms with Gasteiger partial charge in [0.15, 0.2) is 0 Å². The van der Waals surface area contributed by atoms with Gasteiger partial charge in [-0.25, -0.2) is 17.5 Å². The topological polar surface area (TPSA) is 72.2 Å². The zero-order chi connectivity index (χ0) is 11.9. The molecule has 2 rings (SSSR count). The zero-order valence-corrected chi connectivity index (χ0v) is 10.6. The zero-order valence-electron chi connectivity index (χ0n) is 8.15. The molecular formula is C9H10BrFN2O2S. The lowest BCUT2D eigenvalue weighted by molar-refractivity contribution is 0.555. The van der Waals surface area contributed by atoms with Gasteiger partial charge in [-0.1, -0.05) is 15.9 Å². The van der Waals surface area contributed by atoms with E-state index in [0.29, 0.717) is 10.9 Å². The van der Waals surface area contributed by atoms with E-state index in [-0.39, 0.29) is 17.0 Å². The van der Waals surface area contributed by atoms with Crippen LogP contribution in [0.3, 0.4) is 0 Å². The fourth-order valence-corrected chi connectivity index (χ4v) is 3.00. The molecule has 0 amide bonds. The Labute approximate surface area is 101 Å². The molecule has 2 unspecified atom stereocenters. The third-order valence-electron chi connectivity index (χ3n) is 2.33. The monoisotopic (exact) mass is 308 g/mol. The Hall–Kier alpha value is -0.500. The van der Waals surface area contributed by atoms with Crippen LogP contribution in [0.2, 0.25) is 0 Å². The highest BCUT2D eigenvalue weighted by Crippen LogP contribution is 2.24. The van der Waals surface area contributed by atoms with Crippen LogP contribution in [0.5, 0.6) is 0 Å². The Bertz CT molecular complexity index is 520. The van der Waals surface area contributed by atoms with Gasteiger partial charge in [-0.3, -0.25) is 0 Å². The van der Waals surface area contributed by atoms with E-state index >= 15 is 0 Å². The molecular weight excluding hydrogens is 299 g/mol. The fraction of sp³-hybridized carbons (Fsp3) is 0.333. The van der Waals surface area contributed by atoms with Gasteiger partial charge in [-0.05, 0) is 24.6 Å². The molecule has 0 radical (unpaired) electrons. The van der Waals surface area contributed by atoms with Crippen molar-refractivity contribution >= 4 is 26.0 Å². The van der Waals surface area contributed by atoms with Gasteiger partial charge in [0.2, 0.25) is 10.0 Å². The summed E-state index contributed by atoms with van der Waals surface area (Å²) in [5.74, 6) is -0.781. The van der Waals surface area contributed by atoms with Crippen LogP contribution < -0.4 is 10.5 Å². The average molecular weight is 309 g/mol. The van der Waals surface area contributed by atoms with Gasteiger partial charge in [0.25, 0.3) is 0 Å². The molecule has 0 aliphatic heterocycles. The maximum atomic E-state index is 13.4. The molecule has 4 nitrogen and oxygen atoms in total. The van der Waals surface area contributed by atoms with Crippen LogP contribution in [-0.2, 0) is 10.0 Å². The van der Waals surface area contributed by atoms with Crippen LogP contribution in [0, 0.1) is 5.82 Å². The van der Waals surface area contributed by atoms with Crippen molar-refractivity contribution in [2.75, 3.05) is 0 Å². The van der Waals surface area contributed by atoms with Gasteiger partial charge < -0.3 is 5.73 Å². The summed E-state index contributed by atoms with van der Waals surface area (Å²) < 4.78 is 39.8. The van der Waals surface area contributed by atoms with Crippen LogP contribution in [-0.4, -0.2) is 20.5 Å². The summed E-state index contributed by atoms with van der Waals surface area (Å²) in [5.41, 5.74) is 5.49. The lowest BCUT2D eigenvalue weighted by Gasteiger charge is -2.06. The molecule has 1 fully saturated rings. The molecule has 0 spiro atoms. The standard InChI is InChI=1S/C9H10BrFN2O2S/c10-5-1-2-9(6(11)3-5)16(14,15)13-8-4-7(8)12/h1-3,7-8,13H,4,12H2. The maximum absolute atomic E-state index is 13.4. The number of hydrogen-bond donors (Lipinski definition) is 2. The van der Waals surface area contributed by atoms with Gasteiger partial charge in [-0.15, -0.1) is 0 Å². The number of nitrogens with one attached hydrogen (secondary N) is 1. The van der Waals surface area contributed by atoms with Gasteiger partial charge >= 0.3 is 0 Å². The predicted octanol–water partition coefficient (Wildman–Crippen LogP) is 0.966. The average Bonchev–Trinajstić information content (AvgIpc) is 2.79. The molecule has 0 aromatic heterocycles. The summed E-state index contributed by atoms with van der Waals surface area (Å²) in [4.78, 5) is -0.352. The number of hydrogen-bond acceptors (Lipinski definition) is 3. The number of sulfonamides is 1. The van der Waals surface area contributed by atoms with Gasteiger partial charge in [0.05, 0.1) is 0 Å². The second-order valence-electron chi connectivity index (χ2n) is 3.70. The van der Waals surface area contributed by atoms with E-state index in [4.69, 9.17) is 5.73 Å². The molecule has 0 bridgehead atoms. The summed E-state index contributed by atoms with van der Waals surface area (Å²) in [5, 5.41) is 0. The van der Waals surface area contributed by atoms with Crippen molar-refractivity contribution < 1.29 is 12.8 Å². The molecule has 2 atom stereocenters. The molecule has 0 saturated heterocycles. The van der Waals surface area contributed by atoms with Crippen molar-refractivity contribution in [1.82, 2.24) is 4.72 Å². The lowest BCUT2D eigenvalue weighted by Crippen LogP contribution is -2.30. The van der Waals surface area contributed by atoms with E-state index < -0.39 is 15.8 Å². The molecule has 7 heteroatoms. The molecule has 88 valence electrons. The Morgan fingerprint density at radius 3 is 2.62 bits per heavy atom. The van der Waals surface area contributed by atoms with E-state index in [1.165, 1.54) is 12.1 Å². The minimum absolute atomic E-state index is 0.159. The largest absolute Gasteiger partial charge is 0.326 e. The molecule has 1 aromatic carbocycles. The number of halogens is 2. The summed E-state index contributed by atoms with van der Waals surface area (Å²) in [6.07, 6.45) is 0.595. The molecule has 1 saturated carbocycles. The van der Waals surface area contributed by atoms with Crippen molar-refractivity contribution in [3.8, 4) is 0 Å². The highest BCUT2D eigenvalue weighted by molar-refractivity contribution is 9.10. The second-order valence-corrected chi connectivity index (χ2v) is 6.30. The Balaban J connectivity index is 2.28. The second kappa shape index (κ2) is 4.06. The first-order valence-corrected chi connectivity index (χ1v) is 6.91. The summed E-state index contributed by atoms with van der Waals surface area (Å²) in [7, 11) is -3.80. The van der Waals surface area contributed by atoms with Crippen LogP contribution in [0.25, 0.3) is 0 Å². The van der Waals surface area contributed by atoms with Gasteiger partial charge in [-0.2, -0.15) is 0 Å². The first-order chi connectivity index (χ1) is 7.40.